The average molecular weight is 375 g/mol. The van der Waals surface area contributed by atoms with Gasteiger partial charge >= 0.3 is 0 Å². The van der Waals surface area contributed by atoms with E-state index in [1.807, 2.05) is 0 Å². The van der Waals surface area contributed by atoms with Gasteiger partial charge in [-0.25, -0.2) is 0 Å². The Bertz CT molecular complexity index is 508. The fraction of sp³-hybridized carbons (Fsp3) is 1.00. The van der Waals surface area contributed by atoms with Gasteiger partial charge in [0.15, 0.2) is 0 Å². The SMILES string of the molecule is CC(C)CCCC[C@H]1CCC2C3CCC4C[C@@](C)(O)CCC4C3CC[C@@]21C. The summed E-state index contributed by atoms with van der Waals surface area (Å²) in [4.78, 5) is 0. The standard InChI is InChI=1S/C26H46O/c1-18(2)7-5-6-8-20-10-12-24-23-11-9-19-17-25(3,27)15-13-21(19)22(23)14-16-26(20,24)4/h18-24,27H,5-17H2,1-4H3/t19?,20-,21?,22?,23?,24?,25-,26+/m0/s1. The fourth-order valence-electron chi connectivity index (χ4n) is 8.61. The van der Waals surface area contributed by atoms with Crippen molar-refractivity contribution in [2.24, 2.45) is 46.8 Å². The highest BCUT2D eigenvalue weighted by Gasteiger charge is 2.57. The second-order valence-corrected chi connectivity index (χ2v) is 12.2. The molecule has 27 heavy (non-hydrogen) atoms. The normalized spacial score (nSPS) is 49.6. The molecule has 5 unspecified atom stereocenters. The summed E-state index contributed by atoms with van der Waals surface area (Å²) < 4.78 is 0. The molecular weight excluding hydrogens is 328 g/mol. The van der Waals surface area contributed by atoms with Crippen molar-refractivity contribution in [2.45, 2.75) is 117 Å². The molecule has 0 aromatic rings. The molecule has 4 aliphatic carbocycles. The van der Waals surface area contributed by atoms with Gasteiger partial charge in [0.05, 0.1) is 5.60 Å². The number of fused-ring (bicyclic) bond motifs is 5. The topological polar surface area (TPSA) is 20.2 Å². The highest BCUT2D eigenvalue weighted by atomic mass is 16.3. The first-order valence-electron chi connectivity index (χ1n) is 12.5. The van der Waals surface area contributed by atoms with Crippen LogP contribution in [0.3, 0.4) is 0 Å². The van der Waals surface area contributed by atoms with E-state index in [0.29, 0.717) is 5.41 Å². The molecule has 0 amide bonds. The Kier molecular flexibility index (Phi) is 5.74. The van der Waals surface area contributed by atoms with Gasteiger partial charge in [0.1, 0.15) is 0 Å². The Labute approximate surface area is 169 Å². The monoisotopic (exact) mass is 374 g/mol. The highest BCUT2D eigenvalue weighted by Crippen LogP contribution is 2.65. The van der Waals surface area contributed by atoms with Crippen molar-refractivity contribution in [1.29, 1.82) is 0 Å². The molecule has 0 aromatic carbocycles. The smallest absolute Gasteiger partial charge is 0.0622 e. The lowest BCUT2D eigenvalue weighted by Crippen LogP contribution is -2.50. The van der Waals surface area contributed by atoms with Gasteiger partial charge in [-0.1, -0.05) is 40.0 Å². The summed E-state index contributed by atoms with van der Waals surface area (Å²) >= 11 is 0. The Hall–Kier alpha value is -0.0400. The summed E-state index contributed by atoms with van der Waals surface area (Å²) in [6.45, 7) is 9.53. The van der Waals surface area contributed by atoms with Crippen molar-refractivity contribution >= 4 is 0 Å². The van der Waals surface area contributed by atoms with Gasteiger partial charge in [0.25, 0.3) is 0 Å². The van der Waals surface area contributed by atoms with E-state index in [1.54, 1.807) is 0 Å². The Balaban J connectivity index is 1.39. The van der Waals surface area contributed by atoms with Crippen LogP contribution in [0.1, 0.15) is 111 Å². The summed E-state index contributed by atoms with van der Waals surface area (Å²) in [5, 5.41) is 10.6. The molecule has 8 atom stereocenters. The van der Waals surface area contributed by atoms with Crippen LogP contribution in [-0.2, 0) is 0 Å². The summed E-state index contributed by atoms with van der Waals surface area (Å²) in [6, 6.07) is 0. The van der Waals surface area contributed by atoms with E-state index in [9.17, 15) is 5.11 Å². The van der Waals surface area contributed by atoms with Crippen LogP contribution in [0.15, 0.2) is 0 Å². The lowest BCUT2D eigenvalue weighted by Gasteiger charge is -2.57. The van der Waals surface area contributed by atoms with Gasteiger partial charge in [0, 0.05) is 0 Å². The van der Waals surface area contributed by atoms with Gasteiger partial charge in [0.2, 0.25) is 0 Å². The number of hydrogen-bond donors (Lipinski definition) is 1. The highest BCUT2D eigenvalue weighted by molar-refractivity contribution is 5.06. The van der Waals surface area contributed by atoms with E-state index < -0.39 is 0 Å². The van der Waals surface area contributed by atoms with Crippen LogP contribution in [0.2, 0.25) is 0 Å². The van der Waals surface area contributed by atoms with Crippen LogP contribution in [0.5, 0.6) is 0 Å². The summed E-state index contributed by atoms with van der Waals surface area (Å²) in [5.41, 5.74) is 0.289. The first-order chi connectivity index (χ1) is 12.8. The van der Waals surface area contributed by atoms with E-state index in [1.165, 1.54) is 70.6 Å². The van der Waals surface area contributed by atoms with Crippen molar-refractivity contribution < 1.29 is 5.11 Å². The number of hydrogen-bond acceptors (Lipinski definition) is 1. The second-order valence-electron chi connectivity index (χ2n) is 12.2. The zero-order chi connectivity index (χ0) is 19.2. The Morgan fingerprint density at radius 1 is 0.852 bits per heavy atom. The zero-order valence-corrected chi connectivity index (χ0v) is 18.7. The van der Waals surface area contributed by atoms with Crippen LogP contribution in [0.25, 0.3) is 0 Å². The number of rotatable bonds is 5. The summed E-state index contributed by atoms with van der Waals surface area (Å²) in [7, 11) is 0. The summed E-state index contributed by atoms with van der Waals surface area (Å²) in [6.07, 6.45) is 18.2. The van der Waals surface area contributed by atoms with Gasteiger partial charge in [-0.05, 0) is 118 Å². The maximum atomic E-state index is 10.6. The summed E-state index contributed by atoms with van der Waals surface area (Å²) in [5.74, 6) is 6.70. The quantitative estimate of drug-likeness (QED) is 0.503. The molecule has 0 aromatic heterocycles. The molecule has 4 rings (SSSR count). The molecule has 156 valence electrons. The van der Waals surface area contributed by atoms with Crippen molar-refractivity contribution in [1.82, 2.24) is 0 Å². The minimum absolute atomic E-state index is 0.369. The van der Waals surface area contributed by atoms with E-state index in [0.717, 1.165) is 54.3 Å². The van der Waals surface area contributed by atoms with Crippen LogP contribution in [0, 0.1) is 46.8 Å². The molecule has 4 saturated carbocycles. The van der Waals surface area contributed by atoms with Crippen LogP contribution in [0.4, 0.5) is 0 Å². The van der Waals surface area contributed by atoms with Crippen LogP contribution < -0.4 is 0 Å². The first kappa shape index (κ1) is 20.2. The van der Waals surface area contributed by atoms with E-state index >= 15 is 0 Å². The van der Waals surface area contributed by atoms with Gasteiger partial charge < -0.3 is 5.11 Å². The van der Waals surface area contributed by atoms with Crippen LogP contribution >= 0.6 is 0 Å². The van der Waals surface area contributed by atoms with E-state index in [2.05, 4.69) is 27.7 Å². The molecular formula is C26H46O. The largest absolute Gasteiger partial charge is 0.390 e. The third kappa shape index (κ3) is 3.88. The van der Waals surface area contributed by atoms with E-state index in [4.69, 9.17) is 0 Å². The lowest BCUT2D eigenvalue weighted by atomic mass is 9.49. The maximum Gasteiger partial charge on any atom is 0.0622 e. The average Bonchev–Trinajstić information content (AvgIpc) is 2.94. The molecule has 0 spiro atoms. The molecule has 1 nitrogen and oxygen atoms in total. The molecule has 0 aliphatic heterocycles. The molecule has 0 bridgehead atoms. The Morgan fingerprint density at radius 2 is 1.63 bits per heavy atom. The third-order valence-electron chi connectivity index (χ3n) is 10.0. The minimum Gasteiger partial charge on any atom is -0.390 e. The molecule has 4 fully saturated rings. The van der Waals surface area contributed by atoms with E-state index in [-0.39, 0.29) is 5.60 Å². The number of unbranched alkanes of at least 4 members (excludes halogenated alkanes) is 1. The molecule has 0 saturated heterocycles. The zero-order valence-electron chi connectivity index (χ0n) is 18.7. The molecule has 0 heterocycles. The second kappa shape index (κ2) is 7.66. The van der Waals surface area contributed by atoms with Gasteiger partial charge in [-0.3, -0.25) is 0 Å². The first-order valence-corrected chi connectivity index (χ1v) is 12.5. The molecule has 0 radical (unpaired) electrons. The molecule has 1 heteroatoms. The van der Waals surface area contributed by atoms with Crippen LogP contribution in [-0.4, -0.2) is 10.7 Å². The van der Waals surface area contributed by atoms with Gasteiger partial charge in [-0.2, -0.15) is 0 Å². The fourth-order valence-corrected chi connectivity index (χ4v) is 8.61. The van der Waals surface area contributed by atoms with Crippen molar-refractivity contribution in [2.75, 3.05) is 0 Å². The molecule has 1 N–H and O–H groups in total. The maximum absolute atomic E-state index is 10.6. The molecule has 4 aliphatic rings. The predicted octanol–water partition coefficient (Wildman–Crippen LogP) is 7.22. The number of aliphatic hydroxyl groups is 1. The van der Waals surface area contributed by atoms with Crippen molar-refractivity contribution in [3.05, 3.63) is 0 Å². The lowest BCUT2D eigenvalue weighted by molar-refractivity contribution is -0.1000. The van der Waals surface area contributed by atoms with Crippen molar-refractivity contribution in [3.63, 3.8) is 0 Å². The predicted molar refractivity (Wildman–Crippen MR) is 115 cm³/mol. The Morgan fingerprint density at radius 3 is 2.41 bits per heavy atom. The van der Waals surface area contributed by atoms with Crippen molar-refractivity contribution in [3.8, 4) is 0 Å². The minimum atomic E-state index is -0.369. The third-order valence-corrected chi connectivity index (χ3v) is 10.0. The van der Waals surface area contributed by atoms with Gasteiger partial charge in [-0.15, -0.1) is 0 Å².